The maximum atomic E-state index is 5.01. The number of hydrogen-bond donors (Lipinski definition) is 1. The van der Waals surface area contributed by atoms with Gasteiger partial charge in [0.05, 0.1) is 6.20 Å². The lowest BCUT2D eigenvalue weighted by Gasteiger charge is -1.99. The fourth-order valence-electron chi connectivity index (χ4n) is 1.22. The van der Waals surface area contributed by atoms with Crippen molar-refractivity contribution < 1.29 is 0 Å². The van der Waals surface area contributed by atoms with E-state index in [9.17, 15) is 0 Å². The summed E-state index contributed by atoms with van der Waals surface area (Å²) in [6.07, 6.45) is 3.79. The number of rotatable bonds is 2. The molecule has 74 valence electrons. The van der Waals surface area contributed by atoms with Crippen molar-refractivity contribution in [2.75, 3.05) is 0 Å². The quantitative estimate of drug-likeness (QED) is 0.752. The Balaban J connectivity index is 2.27. The predicted octanol–water partition coefficient (Wildman–Crippen LogP) is 1.03. The van der Waals surface area contributed by atoms with Crippen molar-refractivity contribution >= 4 is 12.2 Å². The second-order valence-electron chi connectivity index (χ2n) is 3.22. The van der Waals surface area contributed by atoms with Crippen LogP contribution in [0.4, 0.5) is 0 Å². The summed E-state index contributed by atoms with van der Waals surface area (Å²) in [6.45, 7) is 2.64. The summed E-state index contributed by atoms with van der Waals surface area (Å²) in [7, 11) is 1.89. The van der Waals surface area contributed by atoms with Crippen molar-refractivity contribution in [2.24, 2.45) is 7.05 Å². The number of aromatic nitrogens is 5. The molecule has 0 aliphatic heterocycles. The van der Waals surface area contributed by atoms with Gasteiger partial charge in [0.15, 0.2) is 10.6 Å². The van der Waals surface area contributed by atoms with E-state index in [-0.39, 0.29) is 0 Å². The summed E-state index contributed by atoms with van der Waals surface area (Å²) in [5.74, 6) is 0.873. The molecular weight excluding hydrogens is 198 g/mol. The van der Waals surface area contributed by atoms with Gasteiger partial charge >= 0.3 is 0 Å². The molecule has 6 heteroatoms. The van der Waals surface area contributed by atoms with E-state index in [2.05, 4.69) is 15.3 Å². The van der Waals surface area contributed by atoms with Crippen LogP contribution in [0.1, 0.15) is 11.4 Å². The molecule has 0 fully saturated rings. The van der Waals surface area contributed by atoms with Gasteiger partial charge in [0.25, 0.3) is 0 Å². The van der Waals surface area contributed by atoms with Crippen LogP contribution < -0.4 is 0 Å². The van der Waals surface area contributed by atoms with Crippen molar-refractivity contribution in [3.63, 3.8) is 0 Å². The summed E-state index contributed by atoms with van der Waals surface area (Å²) in [4.78, 5) is 0. The highest BCUT2D eigenvalue weighted by atomic mass is 32.1. The van der Waals surface area contributed by atoms with Gasteiger partial charge in [0.2, 0.25) is 0 Å². The summed E-state index contributed by atoms with van der Waals surface area (Å²) in [5.41, 5.74) is 1.14. The molecule has 2 aromatic heterocycles. The molecule has 2 aromatic rings. The molecule has 2 heterocycles. The van der Waals surface area contributed by atoms with Crippen LogP contribution in [0.2, 0.25) is 0 Å². The first kappa shape index (κ1) is 9.14. The Hall–Kier alpha value is -1.43. The molecule has 0 unspecified atom stereocenters. The first-order valence-electron chi connectivity index (χ1n) is 4.26. The largest absolute Gasteiger partial charge is 0.306 e. The van der Waals surface area contributed by atoms with Crippen LogP contribution in [0.15, 0.2) is 12.4 Å². The lowest BCUT2D eigenvalue weighted by Crippen LogP contribution is -2.06. The highest BCUT2D eigenvalue weighted by Gasteiger charge is 2.03. The van der Waals surface area contributed by atoms with Gasteiger partial charge in [-0.15, -0.1) is 0 Å². The van der Waals surface area contributed by atoms with E-state index in [0.717, 1.165) is 11.4 Å². The summed E-state index contributed by atoms with van der Waals surface area (Å²) < 4.78 is 4.30. The molecule has 0 atom stereocenters. The zero-order valence-electron chi connectivity index (χ0n) is 8.06. The summed E-state index contributed by atoms with van der Waals surface area (Å²) >= 11 is 5.01. The van der Waals surface area contributed by atoms with Crippen LogP contribution in [0.5, 0.6) is 0 Å². The minimum atomic E-state index is 0.629. The molecule has 0 amide bonds. The van der Waals surface area contributed by atoms with Gasteiger partial charge in [0, 0.05) is 13.2 Å². The third-order valence-corrected chi connectivity index (χ3v) is 2.40. The van der Waals surface area contributed by atoms with E-state index in [1.54, 1.807) is 0 Å². The van der Waals surface area contributed by atoms with Gasteiger partial charge in [-0.3, -0.25) is 9.78 Å². The highest BCUT2D eigenvalue weighted by molar-refractivity contribution is 7.71. The Morgan fingerprint density at radius 1 is 1.57 bits per heavy atom. The zero-order chi connectivity index (χ0) is 10.1. The topological polar surface area (TPSA) is 51.4 Å². The lowest BCUT2D eigenvalue weighted by molar-refractivity contribution is 0.628. The maximum Gasteiger partial charge on any atom is 0.194 e. The summed E-state index contributed by atoms with van der Waals surface area (Å²) in [5, 5.41) is 11.0. The van der Waals surface area contributed by atoms with Crippen LogP contribution in [0.3, 0.4) is 0 Å². The molecule has 0 bridgehead atoms. The third-order valence-electron chi connectivity index (χ3n) is 2.04. The minimum Gasteiger partial charge on any atom is -0.306 e. The van der Waals surface area contributed by atoms with Crippen molar-refractivity contribution in [1.82, 2.24) is 24.5 Å². The van der Waals surface area contributed by atoms with Crippen LogP contribution in [-0.2, 0) is 13.6 Å². The van der Waals surface area contributed by atoms with Gasteiger partial charge in [-0.05, 0) is 24.7 Å². The molecule has 0 saturated carbocycles. The number of nitrogens with one attached hydrogen (secondary N) is 1. The summed E-state index contributed by atoms with van der Waals surface area (Å²) in [6, 6.07) is 0. The first-order valence-corrected chi connectivity index (χ1v) is 4.67. The van der Waals surface area contributed by atoms with Crippen molar-refractivity contribution in [1.29, 1.82) is 0 Å². The van der Waals surface area contributed by atoms with E-state index < -0.39 is 0 Å². The molecule has 1 N–H and O–H groups in total. The second kappa shape index (κ2) is 3.38. The van der Waals surface area contributed by atoms with E-state index in [1.165, 1.54) is 0 Å². The van der Waals surface area contributed by atoms with E-state index in [0.29, 0.717) is 11.3 Å². The molecule has 5 nitrogen and oxygen atoms in total. The Morgan fingerprint density at radius 2 is 2.36 bits per heavy atom. The predicted molar refractivity (Wildman–Crippen MR) is 54.5 cm³/mol. The standard InChI is InChI=1S/C8H11N5S/c1-6-3-9-13(4-6)5-7-10-11-8(14)12(7)2/h3-4H,5H2,1-2H3,(H,11,14). The molecule has 14 heavy (non-hydrogen) atoms. The monoisotopic (exact) mass is 209 g/mol. The Labute approximate surface area is 86.4 Å². The average molecular weight is 209 g/mol. The Morgan fingerprint density at radius 3 is 2.86 bits per heavy atom. The smallest absolute Gasteiger partial charge is 0.194 e. The van der Waals surface area contributed by atoms with Gasteiger partial charge in [-0.1, -0.05) is 0 Å². The Bertz CT molecular complexity index is 492. The maximum absolute atomic E-state index is 5.01. The van der Waals surface area contributed by atoms with Crippen molar-refractivity contribution in [2.45, 2.75) is 13.5 Å². The van der Waals surface area contributed by atoms with Gasteiger partial charge in [-0.2, -0.15) is 10.2 Å². The molecule has 0 spiro atoms. The lowest BCUT2D eigenvalue weighted by atomic mass is 10.4. The van der Waals surface area contributed by atoms with Crippen molar-refractivity contribution in [3.05, 3.63) is 28.6 Å². The highest BCUT2D eigenvalue weighted by Crippen LogP contribution is 2.00. The number of hydrogen-bond acceptors (Lipinski definition) is 3. The van der Waals surface area contributed by atoms with Gasteiger partial charge in [0.1, 0.15) is 6.54 Å². The van der Waals surface area contributed by atoms with Crippen LogP contribution >= 0.6 is 12.2 Å². The molecular formula is C8H11N5S. The third kappa shape index (κ3) is 1.60. The van der Waals surface area contributed by atoms with E-state index >= 15 is 0 Å². The zero-order valence-corrected chi connectivity index (χ0v) is 8.88. The number of aromatic amines is 1. The normalized spacial score (nSPS) is 10.7. The molecule has 0 aliphatic carbocycles. The fourth-order valence-corrected chi connectivity index (χ4v) is 1.37. The van der Waals surface area contributed by atoms with E-state index in [1.807, 2.05) is 35.6 Å². The number of H-pyrrole nitrogens is 1. The van der Waals surface area contributed by atoms with Crippen LogP contribution in [0.25, 0.3) is 0 Å². The van der Waals surface area contributed by atoms with Crippen molar-refractivity contribution in [3.8, 4) is 0 Å². The average Bonchev–Trinajstić information content (AvgIpc) is 2.67. The molecule has 0 aromatic carbocycles. The Kier molecular flexibility index (Phi) is 2.20. The molecule has 2 rings (SSSR count). The molecule has 0 aliphatic rings. The van der Waals surface area contributed by atoms with E-state index in [4.69, 9.17) is 12.2 Å². The van der Waals surface area contributed by atoms with Gasteiger partial charge in [-0.25, -0.2) is 0 Å². The molecule has 0 radical (unpaired) electrons. The van der Waals surface area contributed by atoms with Gasteiger partial charge < -0.3 is 4.57 Å². The van der Waals surface area contributed by atoms with Crippen LogP contribution in [-0.4, -0.2) is 24.5 Å². The number of aryl methyl sites for hydroxylation is 1. The number of nitrogens with zero attached hydrogens (tertiary/aromatic N) is 4. The minimum absolute atomic E-state index is 0.629. The van der Waals surface area contributed by atoms with Crippen LogP contribution in [0, 0.1) is 11.7 Å². The first-order chi connectivity index (χ1) is 6.66. The molecule has 0 saturated heterocycles. The second-order valence-corrected chi connectivity index (χ2v) is 3.61. The SMILES string of the molecule is Cc1cnn(Cc2n[nH]c(=S)n2C)c1. The fraction of sp³-hybridized carbons (Fsp3) is 0.375.